The molecule has 0 unspecified atom stereocenters. The summed E-state index contributed by atoms with van der Waals surface area (Å²) < 4.78 is 0. The average Bonchev–Trinajstić information content (AvgIpc) is 3.14. The normalized spacial score (nSPS) is 13.7. The molecule has 35 heavy (non-hydrogen) atoms. The third-order valence-electron chi connectivity index (χ3n) is 7.64. The summed E-state index contributed by atoms with van der Waals surface area (Å²) in [6.07, 6.45) is 0. The molecule has 0 amide bonds. The first-order valence-corrected chi connectivity index (χ1v) is 12.2. The molecule has 0 N–H and O–H groups in total. The van der Waals surface area contributed by atoms with Gasteiger partial charge in [-0.05, 0) is 50.2 Å². The largest absolute Gasteiger partial charge is 0.247 e. The Labute approximate surface area is 205 Å². The lowest BCUT2D eigenvalue weighted by Gasteiger charge is -2.25. The number of rotatable bonds is 2. The summed E-state index contributed by atoms with van der Waals surface area (Å²) in [7, 11) is 0. The zero-order valence-electron chi connectivity index (χ0n) is 19.9. The van der Waals surface area contributed by atoms with E-state index in [2.05, 4.69) is 129 Å². The maximum absolute atomic E-state index is 5.29. The van der Waals surface area contributed by atoms with Crippen molar-refractivity contribution in [2.75, 3.05) is 0 Å². The highest BCUT2D eigenvalue weighted by Gasteiger charge is 2.39. The molecular formula is C34H25N. The van der Waals surface area contributed by atoms with Gasteiger partial charge < -0.3 is 0 Å². The molecule has 0 atom stereocenters. The van der Waals surface area contributed by atoms with Crippen LogP contribution in [0.5, 0.6) is 0 Å². The van der Waals surface area contributed by atoms with Gasteiger partial charge in [0.15, 0.2) is 0 Å². The molecule has 0 saturated heterocycles. The number of nitrogens with zero attached hydrogens (tertiary/aromatic N) is 1. The number of hydrogen-bond acceptors (Lipinski definition) is 1. The first-order chi connectivity index (χ1) is 17.1. The van der Waals surface area contributed by atoms with Crippen molar-refractivity contribution in [3.8, 4) is 33.5 Å². The van der Waals surface area contributed by atoms with E-state index in [-0.39, 0.29) is 5.41 Å². The Balaban J connectivity index is 1.59. The fraction of sp³-hybridized carbons (Fsp3) is 0.0882. The van der Waals surface area contributed by atoms with Crippen LogP contribution in [0.25, 0.3) is 55.2 Å². The van der Waals surface area contributed by atoms with E-state index in [4.69, 9.17) is 4.98 Å². The molecule has 1 heteroatoms. The monoisotopic (exact) mass is 447 g/mol. The van der Waals surface area contributed by atoms with Crippen LogP contribution >= 0.6 is 0 Å². The Morgan fingerprint density at radius 2 is 1.23 bits per heavy atom. The van der Waals surface area contributed by atoms with Gasteiger partial charge in [-0.1, -0.05) is 123 Å². The van der Waals surface area contributed by atoms with Gasteiger partial charge in [-0.15, -0.1) is 0 Å². The first-order valence-electron chi connectivity index (χ1n) is 12.2. The van der Waals surface area contributed by atoms with Gasteiger partial charge in [0.1, 0.15) is 0 Å². The quantitative estimate of drug-likeness (QED) is 0.241. The lowest BCUT2D eigenvalue weighted by atomic mass is 9.78. The number of pyridine rings is 1. The maximum atomic E-state index is 5.29. The smallest absolute Gasteiger partial charge is 0.0759 e. The molecular weight excluding hydrogens is 422 g/mol. The molecule has 166 valence electrons. The minimum Gasteiger partial charge on any atom is -0.247 e. The van der Waals surface area contributed by atoms with Crippen molar-refractivity contribution < 1.29 is 0 Å². The zero-order valence-corrected chi connectivity index (χ0v) is 19.9. The molecule has 0 bridgehead atoms. The highest BCUT2D eigenvalue weighted by Crippen LogP contribution is 2.53. The van der Waals surface area contributed by atoms with Crippen LogP contribution in [0.2, 0.25) is 0 Å². The van der Waals surface area contributed by atoms with Crippen LogP contribution in [0, 0.1) is 0 Å². The topological polar surface area (TPSA) is 12.9 Å². The Bertz CT molecular complexity index is 1740. The first kappa shape index (κ1) is 20.2. The maximum Gasteiger partial charge on any atom is 0.0759 e. The Kier molecular flexibility index (Phi) is 4.25. The van der Waals surface area contributed by atoms with E-state index in [0.29, 0.717) is 0 Å². The van der Waals surface area contributed by atoms with Crippen molar-refractivity contribution in [3.05, 3.63) is 126 Å². The van der Waals surface area contributed by atoms with Crippen molar-refractivity contribution in [1.29, 1.82) is 0 Å². The van der Waals surface area contributed by atoms with Crippen LogP contribution < -0.4 is 0 Å². The lowest BCUT2D eigenvalue weighted by Crippen LogP contribution is -2.16. The van der Waals surface area contributed by atoms with Gasteiger partial charge in [0.2, 0.25) is 0 Å². The summed E-state index contributed by atoms with van der Waals surface area (Å²) in [6.45, 7) is 4.69. The van der Waals surface area contributed by atoms with Gasteiger partial charge in [0, 0.05) is 16.4 Å². The van der Waals surface area contributed by atoms with E-state index in [1.54, 1.807) is 0 Å². The van der Waals surface area contributed by atoms with Crippen LogP contribution in [0.1, 0.15) is 25.0 Å². The van der Waals surface area contributed by atoms with Crippen LogP contribution in [0.4, 0.5) is 0 Å². The van der Waals surface area contributed by atoms with Crippen molar-refractivity contribution in [2.45, 2.75) is 19.3 Å². The molecule has 0 radical (unpaired) electrons. The number of benzene rings is 5. The zero-order chi connectivity index (χ0) is 23.6. The van der Waals surface area contributed by atoms with Crippen molar-refractivity contribution in [3.63, 3.8) is 0 Å². The second-order valence-electron chi connectivity index (χ2n) is 10.0. The van der Waals surface area contributed by atoms with Gasteiger partial charge in [-0.2, -0.15) is 0 Å². The summed E-state index contributed by atoms with van der Waals surface area (Å²) in [5.41, 5.74) is 11.0. The molecule has 0 fully saturated rings. The Hall–Kier alpha value is -4.23. The molecule has 0 aliphatic heterocycles. The van der Waals surface area contributed by atoms with Gasteiger partial charge in [0.05, 0.1) is 11.2 Å². The molecule has 6 aromatic rings. The van der Waals surface area contributed by atoms with Gasteiger partial charge in [-0.25, -0.2) is 4.98 Å². The molecule has 5 aromatic carbocycles. The molecule has 0 saturated carbocycles. The highest BCUT2D eigenvalue weighted by molar-refractivity contribution is 6.15. The number of hydrogen-bond donors (Lipinski definition) is 0. The summed E-state index contributed by atoms with van der Waals surface area (Å²) >= 11 is 0. The van der Waals surface area contributed by atoms with Crippen LogP contribution in [0.15, 0.2) is 115 Å². The summed E-state index contributed by atoms with van der Waals surface area (Å²) in [6, 6.07) is 41.5. The van der Waals surface area contributed by atoms with Crippen LogP contribution in [-0.4, -0.2) is 4.98 Å². The van der Waals surface area contributed by atoms with Gasteiger partial charge >= 0.3 is 0 Å². The summed E-state index contributed by atoms with van der Waals surface area (Å²) in [5, 5.41) is 3.75. The predicted octanol–water partition coefficient (Wildman–Crippen LogP) is 9.03. The van der Waals surface area contributed by atoms with Crippen molar-refractivity contribution in [1.82, 2.24) is 4.98 Å². The predicted molar refractivity (Wildman–Crippen MR) is 148 cm³/mol. The lowest BCUT2D eigenvalue weighted by molar-refractivity contribution is 0.662. The second kappa shape index (κ2) is 7.38. The van der Waals surface area contributed by atoms with E-state index in [9.17, 15) is 0 Å². The summed E-state index contributed by atoms with van der Waals surface area (Å²) in [4.78, 5) is 5.29. The van der Waals surface area contributed by atoms with E-state index in [0.717, 1.165) is 11.2 Å². The molecule has 1 nitrogen and oxygen atoms in total. The molecule has 1 aliphatic carbocycles. The Morgan fingerprint density at radius 3 is 2.06 bits per heavy atom. The molecule has 0 spiro atoms. The third kappa shape index (κ3) is 2.91. The summed E-state index contributed by atoms with van der Waals surface area (Å²) in [5.74, 6) is 0. The SMILES string of the molecule is CC1(C)c2ccccc2-c2nc3ccc4ccccc4c3c(-c3ccc(-c4ccccc4)cc3)c21. The van der Waals surface area contributed by atoms with Gasteiger partial charge in [-0.3, -0.25) is 0 Å². The van der Waals surface area contributed by atoms with Crippen LogP contribution in [-0.2, 0) is 5.41 Å². The van der Waals surface area contributed by atoms with Crippen molar-refractivity contribution in [2.24, 2.45) is 0 Å². The molecule has 1 heterocycles. The minimum absolute atomic E-state index is 0.141. The van der Waals surface area contributed by atoms with E-state index >= 15 is 0 Å². The third-order valence-corrected chi connectivity index (χ3v) is 7.64. The fourth-order valence-electron chi connectivity index (χ4n) is 5.96. The number of fused-ring (bicyclic) bond motifs is 6. The van der Waals surface area contributed by atoms with Gasteiger partial charge in [0.25, 0.3) is 0 Å². The fourth-order valence-corrected chi connectivity index (χ4v) is 5.96. The molecule has 7 rings (SSSR count). The van der Waals surface area contributed by atoms with Crippen LogP contribution in [0.3, 0.4) is 0 Å². The Morgan fingerprint density at radius 1 is 0.571 bits per heavy atom. The second-order valence-corrected chi connectivity index (χ2v) is 10.0. The average molecular weight is 448 g/mol. The van der Waals surface area contributed by atoms with E-state index in [1.807, 2.05) is 0 Å². The van der Waals surface area contributed by atoms with E-state index < -0.39 is 0 Å². The molecule has 1 aromatic heterocycles. The van der Waals surface area contributed by atoms with Crippen molar-refractivity contribution >= 4 is 21.7 Å². The number of aromatic nitrogens is 1. The minimum atomic E-state index is -0.141. The van der Waals surface area contributed by atoms with E-state index in [1.165, 1.54) is 55.1 Å². The highest BCUT2D eigenvalue weighted by atomic mass is 14.7. The standard InChI is InChI=1S/C34H25N/c1-34(2)28-15-9-8-14-27(28)33-32(34)30(25-18-16-23(17-19-25)22-10-4-3-5-11-22)31-26-13-7-6-12-24(26)20-21-29(31)35-33/h3-21H,1-2H3. The molecule has 1 aliphatic rings.